The van der Waals surface area contributed by atoms with E-state index in [-0.39, 0.29) is 29.5 Å². The van der Waals surface area contributed by atoms with Crippen LogP contribution in [0.4, 0.5) is 5.69 Å². The Hall–Kier alpha value is -3.52. The minimum Gasteiger partial charge on any atom is -0.493 e. The number of amides is 1. The summed E-state index contributed by atoms with van der Waals surface area (Å²) in [6, 6.07) is 7.41. The van der Waals surface area contributed by atoms with Crippen molar-refractivity contribution in [2.75, 3.05) is 19.5 Å². The number of aryl methyl sites for hydroxylation is 1. The molecule has 0 aliphatic rings. The van der Waals surface area contributed by atoms with E-state index >= 15 is 0 Å². The summed E-state index contributed by atoms with van der Waals surface area (Å²) >= 11 is 6.20. The van der Waals surface area contributed by atoms with Gasteiger partial charge in [0, 0.05) is 41.1 Å². The van der Waals surface area contributed by atoms with Crippen LogP contribution in [-0.4, -0.2) is 26.1 Å². The zero-order chi connectivity index (χ0) is 22.7. The topological polar surface area (TPSA) is 104 Å². The van der Waals surface area contributed by atoms with Crippen LogP contribution in [0, 0.1) is 6.92 Å². The highest BCUT2D eigenvalue weighted by molar-refractivity contribution is 6.32. The molecule has 3 rings (SSSR count). The number of esters is 1. The van der Waals surface area contributed by atoms with Crippen LogP contribution in [-0.2, 0) is 16.1 Å². The van der Waals surface area contributed by atoms with E-state index in [0.717, 1.165) is 5.56 Å². The molecule has 31 heavy (non-hydrogen) atoms. The van der Waals surface area contributed by atoms with Crippen LogP contribution in [0.3, 0.4) is 0 Å². The van der Waals surface area contributed by atoms with Crippen molar-refractivity contribution >= 4 is 40.1 Å². The Morgan fingerprint density at radius 1 is 1.06 bits per heavy atom. The van der Waals surface area contributed by atoms with Gasteiger partial charge in [-0.2, -0.15) is 0 Å². The highest BCUT2D eigenvalue weighted by Gasteiger charge is 2.20. The summed E-state index contributed by atoms with van der Waals surface area (Å²) in [5, 5.41) is 3.61. The van der Waals surface area contributed by atoms with Gasteiger partial charge in [0.15, 0.2) is 11.5 Å². The highest BCUT2D eigenvalue weighted by Crippen LogP contribution is 2.34. The molecule has 0 unspecified atom stereocenters. The number of benzene rings is 2. The number of hydrogen-bond donors (Lipinski definition) is 1. The first-order valence-electron chi connectivity index (χ1n) is 9.17. The molecule has 0 atom stereocenters. The SMILES string of the molecule is COc1cc(NC(C)=O)c(C(=O)OCc2cc(=O)oc3cc(C)c(Cl)cc23)cc1OC. The molecule has 1 amide bonds. The first-order valence-corrected chi connectivity index (χ1v) is 9.55. The molecular formula is C22H20ClNO7. The average Bonchev–Trinajstić information content (AvgIpc) is 2.72. The number of halogens is 1. The fraction of sp³-hybridized carbons (Fsp3) is 0.227. The van der Waals surface area contributed by atoms with Crippen LogP contribution in [0.15, 0.2) is 39.5 Å². The van der Waals surface area contributed by atoms with Gasteiger partial charge in [-0.1, -0.05) is 11.6 Å². The monoisotopic (exact) mass is 445 g/mol. The molecule has 1 aromatic heterocycles. The number of carbonyl (C=O) groups excluding carboxylic acids is 2. The maximum absolute atomic E-state index is 12.8. The van der Waals surface area contributed by atoms with Crippen LogP contribution < -0.4 is 20.4 Å². The van der Waals surface area contributed by atoms with Crippen molar-refractivity contribution < 1.29 is 28.2 Å². The summed E-state index contributed by atoms with van der Waals surface area (Å²) < 4.78 is 21.1. The van der Waals surface area contributed by atoms with Gasteiger partial charge in [0.2, 0.25) is 5.91 Å². The predicted molar refractivity (Wildman–Crippen MR) is 115 cm³/mol. The van der Waals surface area contributed by atoms with Crippen LogP contribution in [0.25, 0.3) is 11.0 Å². The highest BCUT2D eigenvalue weighted by atomic mass is 35.5. The van der Waals surface area contributed by atoms with Gasteiger partial charge in [0.1, 0.15) is 12.2 Å². The van der Waals surface area contributed by atoms with Crippen LogP contribution in [0.5, 0.6) is 11.5 Å². The fourth-order valence-corrected chi connectivity index (χ4v) is 3.19. The quantitative estimate of drug-likeness (QED) is 0.450. The molecule has 2 aromatic carbocycles. The van der Waals surface area contributed by atoms with E-state index in [0.29, 0.717) is 27.3 Å². The number of methoxy groups -OCH3 is 2. The summed E-state index contributed by atoms with van der Waals surface area (Å²) in [6.07, 6.45) is 0. The van der Waals surface area contributed by atoms with E-state index in [1.165, 1.54) is 39.3 Å². The second kappa shape index (κ2) is 9.09. The number of fused-ring (bicyclic) bond motifs is 1. The third kappa shape index (κ3) is 4.80. The van der Waals surface area contributed by atoms with Gasteiger partial charge in [0.05, 0.1) is 25.5 Å². The van der Waals surface area contributed by atoms with Gasteiger partial charge in [-0.05, 0) is 24.6 Å². The molecule has 0 bridgehead atoms. The lowest BCUT2D eigenvalue weighted by Gasteiger charge is -2.15. The van der Waals surface area contributed by atoms with Gasteiger partial charge in [0.25, 0.3) is 0 Å². The molecule has 0 radical (unpaired) electrons. The minimum absolute atomic E-state index is 0.0639. The van der Waals surface area contributed by atoms with Crippen molar-refractivity contribution in [3.8, 4) is 11.5 Å². The second-order valence-corrected chi connectivity index (χ2v) is 7.11. The molecule has 9 heteroatoms. The molecule has 1 heterocycles. The van der Waals surface area contributed by atoms with E-state index in [2.05, 4.69) is 5.32 Å². The smallest absolute Gasteiger partial charge is 0.340 e. The molecule has 8 nitrogen and oxygen atoms in total. The Labute approximate surface area is 182 Å². The maximum Gasteiger partial charge on any atom is 0.340 e. The number of carbonyl (C=O) groups is 2. The summed E-state index contributed by atoms with van der Waals surface area (Å²) in [6.45, 7) is 2.89. The lowest BCUT2D eigenvalue weighted by molar-refractivity contribution is -0.114. The number of rotatable bonds is 6. The molecule has 0 aliphatic carbocycles. The van der Waals surface area contributed by atoms with E-state index in [1.54, 1.807) is 19.1 Å². The molecule has 162 valence electrons. The van der Waals surface area contributed by atoms with Gasteiger partial charge >= 0.3 is 11.6 Å². The lowest BCUT2D eigenvalue weighted by Crippen LogP contribution is -2.14. The third-order valence-electron chi connectivity index (χ3n) is 4.52. The van der Waals surface area contributed by atoms with Crippen LogP contribution in [0.1, 0.15) is 28.4 Å². The molecule has 0 saturated heterocycles. The maximum atomic E-state index is 12.8. The summed E-state index contributed by atoms with van der Waals surface area (Å²) in [4.78, 5) is 36.3. The first-order chi connectivity index (χ1) is 14.7. The van der Waals surface area contributed by atoms with E-state index in [9.17, 15) is 14.4 Å². The minimum atomic E-state index is -0.732. The fourth-order valence-electron chi connectivity index (χ4n) is 3.03. The second-order valence-electron chi connectivity index (χ2n) is 6.70. The lowest BCUT2D eigenvalue weighted by atomic mass is 10.1. The largest absolute Gasteiger partial charge is 0.493 e. The Balaban J connectivity index is 1.96. The van der Waals surface area contributed by atoms with E-state index in [1.807, 2.05) is 0 Å². The normalized spacial score (nSPS) is 10.6. The van der Waals surface area contributed by atoms with Gasteiger partial charge in [-0.3, -0.25) is 4.79 Å². The summed E-state index contributed by atoms with van der Waals surface area (Å²) in [7, 11) is 2.86. The first kappa shape index (κ1) is 22.2. The molecule has 1 N–H and O–H groups in total. The molecule has 0 aliphatic heterocycles. The Morgan fingerprint density at radius 3 is 2.39 bits per heavy atom. The van der Waals surface area contributed by atoms with Gasteiger partial charge < -0.3 is 23.9 Å². The Kier molecular flexibility index (Phi) is 6.50. The molecular weight excluding hydrogens is 426 g/mol. The predicted octanol–water partition coefficient (Wildman–Crippen LogP) is 4.09. The number of ether oxygens (including phenoxy) is 3. The third-order valence-corrected chi connectivity index (χ3v) is 4.93. The number of anilines is 1. The van der Waals surface area contributed by atoms with E-state index in [4.69, 9.17) is 30.2 Å². The Morgan fingerprint density at radius 2 is 1.74 bits per heavy atom. The molecule has 0 fully saturated rings. The van der Waals surface area contributed by atoms with Crippen molar-refractivity contribution in [1.29, 1.82) is 0 Å². The zero-order valence-electron chi connectivity index (χ0n) is 17.3. The van der Waals surface area contributed by atoms with Crippen LogP contribution >= 0.6 is 11.6 Å². The van der Waals surface area contributed by atoms with Crippen molar-refractivity contribution in [2.45, 2.75) is 20.5 Å². The molecule has 0 saturated carbocycles. The molecule has 0 spiro atoms. The van der Waals surface area contributed by atoms with Gasteiger partial charge in [-0.15, -0.1) is 0 Å². The Bertz CT molecular complexity index is 1230. The number of nitrogens with one attached hydrogen (secondary N) is 1. The summed E-state index contributed by atoms with van der Waals surface area (Å²) in [5.74, 6) is -0.488. The van der Waals surface area contributed by atoms with Crippen molar-refractivity contribution in [3.05, 3.63) is 62.5 Å². The van der Waals surface area contributed by atoms with Crippen molar-refractivity contribution in [2.24, 2.45) is 0 Å². The number of hydrogen-bond acceptors (Lipinski definition) is 7. The summed E-state index contributed by atoms with van der Waals surface area (Å²) in [5.41, 5.74) is 1.20. The average molecular weight is 446 g/mol. The van der Waals surface area contributed by atoms with E-state index < -0.39 is 11.6 Å². The molecule has 3 aromatic rings. The van der Waals surface area contributed by atoms with Crippen molar-refractivity contribution in [1.82, 2.24) is 0 Å². The zero-order valence-corrected chi connectivity index (χ0v) is 18.1. The standard InChI is InChI=1S/C22H20ClNO7/c1-11-5-18-14(7-16(11)23)13(6-21(26)31-18)10-30-22(27)15-8-19(28-3)20(29-4)9-17(15)24-12(2)25/h5-9H,10H2,1-4H3,(H,24,25). The van der Waals surface area contributed by atoms with Crippen molar-refractivity contribution in [3.63, 3.8) is 0 Å². The van der Waals surface area contributed by atoms with Crippen LogP contribution in [0.2, 0.25) is 5.02 Å². The van der Waals surface area contributed by atoms with Gasteiger partial charge in [-0.25, -0.2) is 9.59 Å².